The van der Waals surface area contributed by atoms with Gasteiger partial charge in [-0.15, -0.1) is 11.3 Å². The Kier molecular flexibility index (Phi) is 5.28. The molecule has 1 aliphatic rings. The Morgan fingerprint density at radius 2 is 1.94 bits per heavy atom. The van der Waals surface area contributed by atoms with Crippen LogP contribution in [0, 0.1) is 11.2 Å². The number of methoxy groups -OCH3 is 1. The fourth-order valence-corrected chi connectivity index (χ4v) is 5.98. The average Bonchev–Trinajstić information content (AvgIpc) is 3.43. The molecule has 6 rings (SSSR count). The summed E-state index contributed by atoms with van der Waals surface area (Å²) in [5.41, 5.74) is 0.677. The number of fused-ring (bicyclic) bond motifs is 2. The van der Waals surface area contributed by atoms with Gasteiger partial charge in [0.05, 0.1) is 29.5 Å². The highest BCUT2D eigenvalue weighted by Crippen LogP contribution is 2.47. The van der Waals surface area contributed by atoms with E-state index in [4.69, 9.17) is 16.3 Å². The van der Waals surface area contributed by atoms with Crippen molar-refractivity contribution < 1.29 is 9.13 Å². The lowest BCUT2D eigenvalue weighted by Crippen LogP contribution is -2.39. The Balaban J connectivity index is 1.67. The van der Waals surface area contributed by atoms with Crippen molar-refractivity contribution >= 4 is 43.9 Å². The van der Waals surface area contributed by atoms with E-state index in [0.717, 1.165) is 23.6 Å². The standard InChI is InChI=1S/C27H21ClFN3O3S/c1-27(7-8-27)14-31-20-11-23(17-9-22(35-2)19(29)10-18(17)28)36-24(20)25(33)32(26(31)34)21-13-30-12-15-5-3-4-6-16(15)21/h3-6,9-13H,7-8,14H2,1-2H3. The van der Waals surface area contributed by atoms with Gasteiger partial charge in [0.1, 0.15) is 4.70 Å². The maximum Gasteiger partial charge on any atom is 0.336 e. The number of pyridine rings is 1. The monoisotopic (exact) mass is 521 g/mol. The number of thiophene rings is 1. The summed E-state index contributed by atoms with van der Waals surface area (Å²) in [7, 11) is 1.38. The fraction of sp³-hybridized carbons (Fsp3) is 0.222. The molecule has 36 heavy (non-hydrogen) atoms. The predicted octanol–water partition coefficient (Wildman–Crippen LogP) is 6.03. The number of rotatable bonds is 5. The van der Waals surface area contributed by atoms with Crippen molar-refractivity contribution in [1.29, 1.82) is 0 Å². The molecule has 0 atom stereocenters. The lowest BCUT2D eigenvalue weighted by atomic mass is 10.1. The molecule has 0 unspecified atom stereocenters. The zero-order valence-corrected chi connectivity index (χ0v) is 21.1. The summed E-state index contributed by atoms with van der Waals surface area (Å²) in [6.45, 7) is 2.62. The SMILES string of the molecule is COc1cc(-c2cc3c(s2)c(=O)n(-c2cncc4ccccc24)c(=O)n3CC2(C)CC2)c(Cl)cc1F. The van der Waals surface area contributed by atoms with Crippen LogP contribution >= 0.6 is 22.9 Å². The van der Waals surface area contributed by atoms with Crippen molar-refractivity contribution in [1.82, 2.24) is 14.1 Å². The van der Waals surface area contributed by atoms with Crippen molar-refractivity contribution in [3.8, 4) is 21.9 Å². The smallest absolute Gasteiger partial charge is 0.336 e. The second kappa shape index (κ2) is 8.28. The van der Waals surface area contributed by atoms with Gasteiger partial charge < -0.3 is 4.74 Å². The van der Waals surface area contributed by atoms with Crippen LogP contribution in [0.5, 0.6) is 5.75 Å². The van der Waals surface area contributed by atoms with E-state index in [2.05, 4.69) is 11.9 Å². The van der Waals surface area contributed by atoms with E-state index >= 15 is 0 Å². The average molecular weight is 522 g/mol. The third kappa shape index (κ3) is 3.63. The lowest BCUT2D eigenvalue weighted by Gasteiger charge is -2.16. The Hall–Kier alpha value is -3.49. The Labute approximate surface area is 214 Å². The summed E-state index contributed by atoms with van der Waals surface area (Å²) in [5, 5.41) is 1.79. The number of ether oxygens (including phenoxy) is 1. The van der Waals surface area contributed by atoms with E-state index in [1.165, 1.54) is 35.1 Å². The van der Waals surface area contributed by atoms with Crippen LogP contribution < -0.4 is 16.0 Å². The van der Waals surface area contributed by atoms with Crippen LogP contribution in [-0.4, -0.2) is 21.2 Å². The van der Waals surface area contributed by atoms with Gasteiger partial charge in [0.2, 0.25) is 0 Å². The molecular weight excluding hydrogens is 501 g/mol. The molecule has 0 spiro atoms. The number of nitrogens with zero attached hydrogens (tertiary/aromatic N) is 3. The Morgan fingerprint density at radius 3 is 2.69 bits per heavy atom. The Bertz CT molecular complexity index is 1800. The van der Waals surface area contributed by atoms with Gasteiger partial charge in [-0.2, -0.15) is 0 Å². The van der Waals surface area contributed by atoms with Crippen LogP contribution in [0.15, 0.2) is 64.4 Å². The summed E-state index contributed by atoms with van der Waals surface area (Å²) >= 11 is 7.62. The van der Waals surface area contributed by atoms with Crippen LogP contribution in [0.1, 0.15) is 19.8 Å². The zero-order valence-electron chi connectivity index (χ0n) is 19.5. The number of hydrogen-bond donors (Lipinski definition) is 0. The molecule has 0 aliphatic heterocycles. The summed E-state index contributed by atoms with van der Waals surface area (Å²) in [4.78, 5) is 32.7. The van der Waals surface area contributed by atoms with Crippen LogP contribution in [0.4, 0.5) is 4.39 Å². The quantitative estimate of drug-likeness (QED) is 0.283. The zero-order chi connectivity index (χ0) is 25.2. The molecule has 0 radical (unpaired) electrons. The molecule has 9 heteroatoms. The molecule has 1 fully saturated rings. The minimum atomic E-state index is -0.572. The van der Waals surface area contributed by atoms with Gasteiger partial charge in [-0.05, 0) is 36.5 Å². The molecule has 1 saturated carbocycles. The summed E-state index contributed by atoms with van der Waals surface area (Å²) < 4.78 is 22.6. The van der Waals surface area contributed by atoms with Crippen molar-refractivity contribution in [2.75, 3.05) is 7.11 Å². The van der Waals surface area contributed by atoms with E-state index in [9.17, 15) is 14.0 Å². The van der Waals surface area contributed by atoms with Gasteiger partial charge in [-0.3, -0.25) is 14.3 Å². The summed E-state index contributed by atoms with van der Waals surface area (Å²) in [5.74, 6) is -0.522. The first-order valence-corrected chi connectivity index (χ1v) is 12.6. The van der Waals surface area contributed by atoms with Gasteiger partial charge >= 0.3 is 5.69 Å². The topological polar surface area (TPSA) is 66.1 Å². The summed E-state index contributed by atoms with van der Waals surface area (Å²) in [6.07, 6.45) is 5.28. The van der Waals surface area contributed by atoms with Gasteiger partial charge in [-0.1, -0.05) is 42.8 Å². The second-order valence-corrected chi connectivity index (χ2v) is 11.0. The van der Waals surface area contributed by atoms with Crippen molar-refractivity contribution in [3.63, 3.8) is 0 Å². The van der Waals surface area contributed by atoms with Gasteiger partial charge in [0.25, 0.3) is 5.56 Å². The van der Waals surface area contributed by atoms with Gasteiger partial charge in [0.15, 0.2) is 11.6 Å². The van der Waals surface area contributed by atoms with E-state index < -0.39 is 17.1 Å². The predicted molar refractivity (Wildman–Crippen MR) is 141 cm³/mol. The largest absolute Gasteiger partial charge is 0.494 e. The first kappa shape index (κ1) is 22.9. The normalized spacial score (nSPS) is 14.4. The molecule has 6 nitrogen and oxygen atoms in total. The van der Waals surface area contributed by atoms with Gasteiger partial charge in [0, 0.05) is 34.0 Å². The lowest BCUT2D eigenvalue weighted by molar-refractivity contribution is 0.387. The third-order valence-electron chi connectivity index (χ3n) is 6.86. The van der Waals surface area contributed by atoms with Crippen LogP contribution in [0.3, 0.4) is 0 Å². The number of benzene rings is 2. The molecule has 182 valence electrons. The maximum atomic E-state index is 14.2. The fourth-order valence-electron chi connectivity index (χ4n) is 4.55. The molecule has 0 N–H and O–H groups in total. The molecule has 0 amide bonds. The first-order valence-electron chi connectivity index (χ1n) is 11.5. The third-order valence-corrected chi connectivity index (χ3v) is 8.32. The van der Waals surface area contributed by atoms with Crippen LogP contribution in [0.2, 0.25) is 5.02 Å². The number of halogens is 2. The van der Waals surface area contributed by atoms with Crippen molar-refractivity contribution in [3.05, 3.63) is 86.5 Å². The molecule has 1 aliphatic carbocycles. The number of aromatic nitrogens is 3. The van der Waals surface area contributed by atoms with E-state index in [1.807, 2.05) is 24.3 Å². The highest BCUT2D eigenvalue weighted by molar-refractivity contribution is 7.22. The minimum absolute atomic E-state index is 0.00512. The van der Waals surface area contributed by atoms with E-state index in [-0.39, 0.29) is 16.2 Å². The molecule has 0 bridgehead atoms. The molecule has 2 aromatic carbocycles. The van der Waals surface area contributed by atoms with Crippen LogP contribution in [0.25, 0.3) is 37.1 Å². The molecule has 5 aromatic rings. The summed E-state index contributed by atoms with van der Waals surface area (Å²) in [6, 6.07) is 12.0. The van der Waals surface area contributed by atoms with Crippen molar-refractivity contribution in [2.24, 2.45) is 5.41 Å². The Morgan fingerprint density at radius 1 is 1.17 bits per heavy atom. The minimum Gasteiger partial charge on any atom is -0.494 e. The first-order chi connectivity index (χ1) is 17.3. The molecule has 3 heterocycles. The number of hydrogen-bond acceptors (Lipinski definition) is 5. The van der Waals surface area contributed by atoms with Gasteiger partial charge in [-0.25, -0.2) is 13.8 Å². The molecule has 0 saturated heterocycles. The van der Waals surface area contributed by atoms with Crippen molar-refractivity contribution in [2.45, 2.75) is 26.3 Å². The highest BCUT2D eigenvalue weighted by atomic mass is 35.5. The molecular formula is C27H21ClFN3O3S. The van der Waals surface area contributed by atoms with E-state index in [1.54, 1.807) is 23.0 Å². The highest BCUT2D eigenvalue weighted by Gasteiger charge is 2.38. The molecule has 3 aromatic heterocycles. The maximum absolute atomic E-state index is 14.2. The van der Waals surface area contributed by atoms with Crippen LogP contribution in [-0.2, 0) is 6.54 Å². The second-order valence-electron chi connectivity index (χ2n) is 9.49. The van der Waals surface area contributed by atoms with E-state index in [0.29, 0.717) is 32.9 Å².